The highest BCUT2D eigenvalue weighted by atomic mass is 32.1. The van der Waals surface area contributed by atoms with Crippen LogP contribution in [0.15, 0.2) is 12.1 Å². The molecule has 0 aliphatic heterocycles. The Morgan fingerprint density at radius 1 is 1.44 bits per heavy atom. The zero-order valence-corrected chi connectivity index (χ0v) is 11.3. The molecule has 0 aliphatic rings. The number of thiophene rings is 1. The van der Waals surface area contributed by atoms with Gasteiger partial charge in [-0.2, -0.15) is 5.26 Å². The molecule has 0 radical (unpaired) electrons. The summed E-state index contributed by atoms with van der Waals surface area (Å²) >= 11 is 1.85. The molecular weight excluding hydrogens is 216 g/mol. The van der Waals surface area contributed by atoms with Gasteiger partial charge in [-0.15, -0.1) is 11.3 Å². The maximum absolute atomic E-state index is 8.66. The van der Waals surface area contributed by atoms with E-state index in [1.54, 1.807) is 0 Å². The Kier molecular flexibility index (Phi) is 4.52. The van der Waals surface area contributed by atoms with Crippen molar-refractivity contribution in [3.05, 3.63) is 21.9 Å². The van der Waals surface area contributed by atoms with Crippen LogP contribution in [0.3, 0.4) is 0 Å². The summed E-state index contributed by atoms with van der Waals surface area (Å²) in [5, 5.41) is 12.0. The summed E-state index contributed by atoms with van der Waals surface area (Å²) in [4.78, 5) is 2.76. The lowest BCUT2D eigenvalue weighted by molar-refractivity contribution is 0.603. The number of nitrogens with one attached hydrogen (secondary N) is 1. The van der Waals surface area contributed by atoms with Crippen LogP contribution in [0.4, 0.5) is 0 Å². The Bertz CT molecular complexity index is 368. The normalized spacial score (nSPS) is 13.4. The van der Waals surface area contributed by atoms with Crippen LogP contribution in [0, 0.1) is 17.2 Å². The van der Waals surface area contributed by atoms with Crippen LogP contribution >= 0.6 is 11.3 Å². The molecule has 0 aliphatic carbocycles. The lowest BCUT2D eigenvalue weighted by Crippen LogP contribution is -2.19. The molecule has 0 amide bonds. The van der Waals surface area contributed by atoms with E-state index in [1.165, 1.54) is 9.75 Å². The average Bonchev–Trinajstić information content (AvgIpc) is 2.65. The monoisotopic (exact) mass is 236 g/mol. The second-order valence-electron chi connectivity index (χ2n) is 5.18. The topological polar surface area (TPSA) is 35.8 Å². The zero-order chi connectivity index (χ0) is 12.2. The molecule has 0 spiro atoms. The number of hydrogen-bond donors (Lipinski definition) is 1. The number of nitrogens with zero attached hydrogens (tertiary/aromatic N) is 1. The number of rotatable bonds is 4. The Morgan fingerprint density at radius 3 is 2.62 bits per heavy atom. The molecule has 0 saturated carbocycles. The van der Waals surface area contributed by atoms with Crippen LogP contribution in [0.5, 0.6) is 0 Å². The molecule has 0 fully saturated rings. The Labute approximate surface area is 102 Å². The van der Waals surface area contributed by atoms with Crippen LogP contribution in [-0.2, 0) is 12.0 Å². The first-order chi connectivity index (χ1) is 7.43. The van der Waals surface area contributed by atoms with Crippen molar-refractivity contribution < 1.29 is 0 Å². The van der Waals surface area contributed by atoms with Crippen LogP contribution in [0.25, 0.3) is 0 Å². The molecule has 16 heavy (non-hydrogen) atoms. The van der Waals surface area contributed by atoms with Crippen LogP contribution in [0.1, 0.15) is 37.4 Å². The van der Waals surface area contributed by atoms with Gasteiger partial charge in [0.05, 0.1) is 12.0 Å². The predicted octanol–water partition coefficient (Wildman–Crippen LogP) is 3.29. The highest BCUT2D eigenvalue weighted by Crippen LogP contribution is 2.29. The van der Waals surface area contributed by atoms with Crippen molar-refractivity contribution in [1.29, 1.82) is 5.26 Å². The number of nitriles is 1. The van der Waals surface area contributed by atoms with Gasteiger partial charge in [-0.1, -0.05) is 20.8 Å². The summed E-state index contributed by atoms with van der Waals surface area (Å²) in [5.41, 5.74) is 0.239. The maximum atomic E-state index is 8.66. The van der Waals surface area contributed by atoms with Crippen molar-refractivity contribution in [3.8, 4) is 6.07 Å². The van der Waals surface area contributed by atoms with Gasteiger partial charge in [0, 0.05) is 22.8 Å². The SMILES string of the molecule is CC(C#N)CNCc1ccc(C(C)(C)C)s1. The third-order valence-corrected chi connectivity index (χ3v) is 3.88. The Hall–Kier alpha value is -0.850. The van der Waals surface area contributed by atoms with Gasteiger partial charge in [0.15, 0.2) is 0 Å². The van der Waals surface area contributed by atoms with E-state index in [2.05, 4.69) is 44.3 Å². The summed E-state index contributed by atoms with van der Waals surface area (Å²) in [6.07, 6.45) is 0. The Morgan fingerprint density at radius 2 is 2.12 bits per heavy atom. The first-order valence-corrected chi connectivity index (χ1v) is 6.44. The standard InChI is InChI=1S/C13H20N2S/c1-10(7-14)8-15-9-11-5-6-12(16-11)13(2,3)4/h5-6,10,15H,8-9H2,1-4H3. The van der Waals surface area contributed by atoms with E-state index < -0.39 is 0 Å². The fourth-order valence-electron chi connectivity index (χ4n) is 1.33. The minimum atomic E-state index is 0.0852. The van der Waals surface area contributed by atoms with Gasteiger partial charge in [0.1, 0.15) is 0 Å². The molecule has 88 valence electrons. The predicted molar refractivity (Wildman–Crippen MR) is 69.5 cm³/mol. The van der Waals surface area contributed by atoms with Crippen molar-refractivity contribution in [2.45, 2.75) is 39.7 Å². The van der Waals surface area contributed by atoms with Gasteiger partial charge < -0.3 is 5.32 Å². The first-order valence-electron chi connectivity index (χ1n) is 5.63. The van der Waals surface area contributed by atoms with Gasteiger partial charge in [0.25, 0.3) is 0 Å². The minimum absolute atomic E-state index is 0.0852. The molecule has 1 atom stereocenters. The molecule has 3 heteroatoms. The van der Waals surface area contributed by atoms with Crippen molar-refractivity contribution in [3.63, 3.8) is 0 Å². The van der Waals surface area contributed by atoms with E-state index in [1.807, 2.05) is 18.3 Å². The highest BCUT2D eigenvalue weighted by Gasteiger charge is 2.15. The minimum Gasteiger partial charge on any atom is -0.311 e. The molecule has 0 bridgehead atoms. The average molecular weight is 236 g/mol. The lowest BCUT2D eigenvalue weighted by Gasteiger charge is -2.15. The summed E-state index contributed by atoms with van der Waals surface area (Å²) in [7, 11) is 0. The summed E-state index contributed by atoms with van der Waals surface area (Å²) in [6.45, 7) is 10.3. The summed E-state index contributed by atoms with van der Waals surface area (Å²) in [6, 6.07) is 6.60. The summed E-state index contributed by atoms with van der Waals surface area (Å²) < 4.78 is 0. The van der Waals surface area contributed by atoms with E-state index >= 15 is 0 Å². The maximum Gasteiger partial charge on any atom is 0.0666 e. The zero-order valence-electron chi connectivity index (χ0n) is 10.5. The van der Waals surface area contributed by atoms with E-state index in [0.717, 1.165) is 13.1 Å². The highest BCUT2D eigenvalue weighted by molar-refractivity contribution is 7.12. The van der Waals surface area contributed by atoms with E-state index in [9.17, 15) is 0 Å². The fraction of sp³-hybridized carbons (Fsp3) is 0.615. The second kappa shape index (κ2) is 5.47. The lowest BCUT2D eigenvalue weighted by atomic mass is 9.95. The van der Waals surface area contributed by atoms with Crippen LogP contribution in [0.2, 0.25) is 0 Å². The molecule has 1 aromatic rings. The largest absolute Gasteiger partial charge is 0.311 e. The Balaban J connectivity index is 2.45. The molecule has 1 aromatic heterocycles. The third kappa shape index (κ3) is 3.96. The quantitative estimate of drug-likeness (QED) is 0.870. The smallest absolute Gasteiger partial charge is 0.0666 e. The molecular formula is C13H20N2S. The van der Waals surface area contributed by atoms with Crippen molar-refractivity contribution in [2.24, 2.45) is 5.92 Å². The third-order valence-electron chi connectivity index (χ3n) is 2.37. The second-order valence-corrected chi connectivity index (χ2v) is 6.35. The fourth-order valence-corrected chi connectivity index (χ4v) is 2.37. The van der Waals surface area contributed by atoms with E-state index in [-0.39, 0.29) is 11.3 Å². The first kappa shape index (κ1) is 13.2. The van der Waals surface area contributed by atoms with Crippen LogP contribution in [-0.4, -0.2) is 6.54 Å². The van der Waals surface area contributed by atoms with Crippen LogP contribution < -0.4 is 5.32 Å². The molecule has 1 unspecified atom stereocenters. The van der Waals surface area contributed by atoms with Crippen molar-refractivity contribution in [2.75, 3.05) is 6.54 Å². The van der Waals surface area contributed by atoms with E-state index in [0.29, 0.717) is 0 Å². The van der Waals surface area contributed by atoms with Gasteiger partial charge in [-0.25, -0.2) is 0 Å². The molecule has 2 nitrogen and oxygen atoms in total. The van der Waals surface area contributed by atoms with Crippen molar-refractivity contribution >= 4 is 11.3 Å². The van der Waals surface area contributed by atoms with Gasteiger partial charge in [-0.05, 0) is 24.5 Å². The number of hydrogen-bond acceptors (Lipinski definition) is 3. The molecule has 1 N–H and O–H groups in total. The molecule has 1 heterocycles. The van der Waals surface area contributed by atoms with Crippen molar-refractivity contribution in [1.82, 2.24) is 5.32 Å². The summed E-state index contributed by atoms with van der Waals surface area (Å²) in [5.74, 6) is 0.0852. The van der Waals surface area contributed by atoms with Gasteiger partial charge in [0.2, 0.25) is 0 Å². The van der Waals surface area contributed by atoms with Gasteiger partial charge >= 0.3 is 0 Å². The molecule has 1 rings (SSSR count). The van der Waals surface area contributed by atoms with E-state index in [4.69, 9.17) is 5.26 Å². The molecule has 0 saturated heterocycles. The van der Waals surface area contributed by atoms with Gasteiger partial charge in [-0.3, -0.25) is 0 Å². The molecule has 0 aromatic carbocycles.